The molecule has 3 heterocycles. The summed E-state index contributed by atoms with van der Waals surface area (Å²) in [5.74, 6) is 0.583. The van der Waals surface area contributed by atoms with Gasteiger partial charge in [0.1, 0.15) is 16.7 Å². The predicted octanol–water partition coefficient (Wildman–Crippen LogP) is 14.7. The second-order valence-corrected chi connectivity index (χ2v) is 15.0. The number of furan rings is 1. The zero-order valence-corrected chi connectivity index (χ0v) is 29.6. The third-order valence-corrected chi connectivity index (χ3v) is 12.0. The molecular formula is C49H28N2O2S. The lowest BCUT2D eigenvalue weighted by molar-refractivity contribution is 0.620. The fraction of sp³-hybridized carbons (Fsp3) is 0. The lowest BCUT2D eigenvalue weighted by Crippen LogP contribution is -2.09. The molecule has 0 saturated carbocycles. The standard InChI is InChI=1S/C49H28N2O2S/c1-2-10-31-24-34(18-16-29(31)8-1)51(36-19-22-38-39-21-17-30-9-5-6-13-37(30)48(39)54-46(38)28-36)35-20-23-40-44(27-35)52-43-15-7-14-41(47(40)43)49-50-42-25-32-11-3-4-12-33(32)26-45(42)53-49/h1-28H. The van der Waals surface area contributed by atoms with E-state index in [2.05, 4.69) is 150 Å². The Bertz CT molecular complexity index is 3430. The summed E-state index contributed by atoms with van der Waals surface area (Å²) in [5, 5.41) is 11.8. The summed E-state index contributed by atoms with van der Waals surface area (Å²) in [4.78, 5) is 7.30. The van der Waals surface area contributed by atoms with Gasteiger partial charge in [0.25, 0.3) is 0 Å². The van der Waals surface area contributed by atoms with Crippen LogP contribution in [0.5, 0.6) is 0 Å². The van der Waals surface area contributed by atoms with Crippen LogP contribution < -0.4 is 4.90 Å². The van der Waals surface area contributed by atoms with Crippen LogP contribution >= 0.6 is 11.3 Å². The van der Waals surface area contributed by atoms with Gasteiger partial charge in [0.05, 0.1) is 0 Å². The zero-order chi connectivity index (χ0) is 35.3. The van der Waals surface area contributed by atoms with E-state index in [0.717, 1.165) is 66.4 Å². The third-order valence-electron chi connectivity index (χ3n) is 10.8. The molecule has 0 amide bonds. The molecule has 0 aliphatic rings. The molecule has 4 nitrogen and oxygen atoms in total. The van der Waals surface area contributed by atoms with Crippen molar-refractivity contribution in [2.75, 3.05) is 4.90 Å². The number of hydrogen-bond acceptors (Lipinski definition) is 5. The number of benzene rings is 9. The highest BCUT2D eigenvalue weighted by molar-refractivity contribution is 7.26. The molecule has 54 heavy (non-hydrogen) atoms. The van der Waals surface area contributed by atoms with Crippen molar-refractivity contribution < 1.29 is 8.83 Å². The summed E-state index contributed by atoms with van der Waals surface area (Å²) < 4.78 is 15.6. The number of aromatic nitrogens is 1. The van der Waals surface area contributed by atoms with Gasteiger partial charge in [-0.2, -0.15) is 0 Å². The van der Waals surface area contributed by atoms with Gasteiger partial charge in [-0.3, -0.25) is 0 Å². The molecule has 0 radical (unpaired) electrons. The maximum Gasteiger partial charge on any atom is 0.228 e. The molecule has 0 bridgehead atoms. The second kappa shape index (κ2) is 11.3. The molecule has 12 rings (SSSR count). The van der Waals surface area contributed by atoms with Crippen molar-refractivity contribution in [3.05, 3.63) is 170 Å². The van der Waals surface area contributed by atoms with Crippen molar-refractivity contribution in [2.45, 2.75) is 0 Å². The molecule has 0 aliphatic carbocycles. The highest BCUT2D eigenvalue weighted by Crippen LogP contribution is 2.45. The maximum absolute atomic E-state index is 6.64. The molecule has 252 valence electrons. The fourth-order valence-electron chi connectivity index (χ4n) is 8.25. The van der Waals surface area contributed by atoms with Gasteiger partial charge in [-0.25, -0.2) is 4.98 Å². The number of nitrogens with zero attached hydrogens (tertiary/aromatic N) is 2. The number of fused-ring (bicyclic) bond motifs is 11. The lowest BCUT2D eigenvalue weighted by atomic mass is 10.0. The normalized spacial score (nSPS) is 12.1. The number of anilines is 3. The topological polar surface area (TPSA) is 42.4 Å². The Morgan fingerprint density at radius 2 is 1.09 bits per heavy atom. The van der Waals surface area contributed by atoms with Crippen LogP contribution in [-0.2, 0) is 0 Å². The number of oxazole rings is 1. The van der Waals surface area contributed by atoms with Gasteiger partial charge in [0.15, 0.2) is 5.58 Å². The molecule has 0 N–H and O–H groups in total. The number of thiophene rings is 1. The highest BCUT2D eigenvalue weighted by atomic mass is 32.1. The zero-order valence-electron chi connectivity index (χ0n) is 28.8. The first-order valence-corrected chi connectivity index (χ1v) is 18.9. The Balaban J connectivity index is 1.04. The first-order chi connectivity index (χ1) is 26.7. The molecule has 0 saturated heterocycles. The van der Waals surface area contributed by atoms with Crippen LogP contribution in [-0.4, -0.2) is 4.98 Å². The van der Waals surface area contributed by atoms with Crippen LogP contribution in [0.25, 0.3) is 97.0 Å². The SMILES string of the molecule is c1ccc2cc(N(c3ccc4c(c3)oc3cccc(-c5nc6cc7ccccc7cc6o5)c34)c3ccc4c(c3)sc3c5ccccc5ccc43)ccc2c1. The Morgan fingerprint density at radius 3 is 1.96 bits per heavy atom. The smallest absolute Gasteiger partial charge is 0.228 e. The Hall–Kier alpha value is -6.95. The van der Waals surface area contributed by atoms with Gasteiger partial charge in [0, 0.05) is 59.6 Å². The van der Waals surface area contributed by atoms with E-state index in [0.29, 0.717) is 5.89 Å². The minimum atomic E-state index is 0.583. The highest BCUT2D eigenvalue weighted by Gasteiger charge is 2.21. The molecule has 5 heteroatoms. The number of hydrogen-bond donors (Lipinski definition) is 0. The molecular weight excluding hydrogens is 681 g/mol. The van der Waals surface area contributed by atoms with Crippen LogP contribution in [0.1, 0.15) is 0 Å². The van der Waals surface area contributed by atoms with Crippen LogP contribution in [0.3, 0.4) is 0 Å². The molecule has 0 spiro atoms. The largest absolute Gasteiger partial charge is 0.456 e. The van der Waals surface area contributed by atoms with Crippen molar-refractivity contribution in [2.24, 2.45) is 0 Å². The van der Waals surface area contributed by atoms with Gasteiger partial charge in [-0.1, -0.05) is 103 Å². The molecule has 0 fully saturated rings. The van der Waals surface area contributed by atoms with Crippen LogP contribution in [0.4, 0.5) is 17.1 Å². The number of rotatable bonds is 4. The van der Waals surface area contributed by atoms with E-state index in [1.165, 1.54) is 41.7 Å². The van der Waals surface area contributed by atoms with Gasteiger partial charge in [0.2, 0.25) is 5.89 Å². The van der Waals surface area contributed by atoms with Gasteiger partial charge in [-0.05, 0) is 93.0 Å². The van der Waals surface area contributed by atoms with Crippen LogP contribution in [0, 0.1) is 0 Å². The van der Waals surface area contributed by atoms with E-state index in [1.54, 1.807) is 0 Å². The lowest BCUT2D eigenvalue weighted by Gasteiger charge is -2.26. The average Bonchev–Trinajstić information content (AvgIpc) is 3.92. The van der Waals surface area contributed by atoms with Crippen molar-refractivity contribution in [3.63, 3.8) is 0 Å². The van der Waals surface area contributed by atoms with E-state index in [9.17, 15) is 0 Å². The van der Waals surface area contributed by atoms with E-state index in [1.807, 2.05) is 35.6 Å². The van der Waals surface area contributed by atoms with Crippen LogP contribution in [0.15, 0.2) is 179 Å². The molecule has 9 aromatic carbocycles. The van der Waals surface area contributed by atoms with Crippen molar-refractivity contribution in [1.29, 1.82) is 0 Å². The molecule has 3 aromatic heterocycles. The minimum absolute atomic E-state index is 0.583. The van der Waals surface area contributed by atoms with Crippen molar-refractivity contribution in [3.8, 4) is 11.5 Å². The fourth-order valence-corrected chi connectivity index (χ4v) is 9.53. The van der Waals surface area contributed by atoms with E-state index in [4.69, 9.17) is 13.8 Å². The summed E-state index contributed by atoms with van der Waals surface area (Å²) >= 11 is 1.86. The molecule has 0 unspecified atom stereocenters. The second-order valence-electron chi connectivity index (χ2n) is 14.0. The van der Waals surface area contributed by atoms with Crippen molar-refractivity contribution >= 4 is 114 Å². The van der Waals surface area contributed by atoms with E-state index >= 15 is 0 Å². The maximum atomic E-state index is 6.64. The first-order valence-electron chi connectivity index (χ1n) is 18.1. The Kier molecular flexibility index (Phi) is 6.18. The molecule has 12 aromatic rings. The van der Waals surface area contributed by atoms with Crippen LogP contribution in [0.2, 0.25) is 0 Å². The molecule has 0 atom stereocenters. The van der Waals surface area contributed by atoms with Crippen molar-refractivity contribution in [1.82, 2.24) is 4.98 Å². The van der Waals surface area contributed by atoms with Gasteiger partial charge in [-0.15, -0.1) is 11.3 Å². The predicted molar refractivity (Wildman–Crippen MR) is 227 cm³/mol. The summed E-state index contributed by atoms with van der Waals surface area (Å²) in [6.45, 7) is 0. The summed E-state index contributed by atoms with van der Waals surface area (Å²) in [6, 6.07) is 60.3. The minimum Gasteiger partial charge on any atom is -0.456 e. The third kappa shape index (κ3) is 4.46. The first kappa shape index (κ1) is 29.6. The summed E-state index contributed by atoms with van der Waals surface area (Å²) in [7, 11) is 0. The Labute approximate surface area is 312 Å². The average molecular weight is 709 g/mol. The monoisotopic (exact) mass is 708 g/mol. The summed E-state index contributed by atoms with van der Waals surface area (Å²) in [6.07, 6.45) is 0. The Morgan fingerprint density at radius 1 is 0.426 bits per heavy atom. The summed E-state index contributed by atoms with van der Waals surface area (Å²) in [5.41, 5.74) is 7.29. The van der Waals surface area contributed by atoms with E-state index < -0.39 is 0 Å². The van der Waals surface area contributed by atoms with Gasteiger partial charge >= 0.3 is 0 Å². The molecule has 0 aliphatic heterocycles. The van der Waals surface area contributed by atoms with Gasteiger partial charge < -0.3 is 13.7 Å². The van der Waals surface area contributed by atoms with E-state index in [-0.39, 0.29) is 0 Å². The quantitative estimate of drug-likeness (QED) is 0.183.